The Labute approximate surface area is 182 Å². The predicted molar refractivity (Wildman–Crippen MR) is 122 cm³/mol. The maximum absolute atomic E-state index is 13.0. The number of hydrogen-bond donors (Lipinski definition) is 1. The van der Waals surface area contributed by atoms with E-state index in [-0.39, 0.29) is 12.3 Å². The fraction of sp³-hybridized carbons (Fsp3) is 0.240. The summed E-state index contributed by atoms with van der Waals surface area (Å²) >= 11 is 0. The van der Waals surface area contributed by atoms with E-state index in [4.69, 9.17) is 14.2 Å². The lowest BCUT2D eigenvalue weighted by atomic mass is 10.1. The van der Waals surface area contributed by atoms with Crippen molar-refractivity contribution in [2.45, 2.75) is 12.8 Å². The largest absolute Gasteiger partial charge is 0.493 e. The molecular formula is C25H26N2O4. The van der Waals surface area contributed by atoms with Gasteiger partial charge >= 0.3 is 0 Å². The average Bonchev–Trinajstić information content (AvgIpc) is 3.23. The second-order valence-corrected chi connectivity index (χ2v) is 7.27. The van der Waals surface area contributed by atoms with Gasteiger partial charge in [-0.2, -0.15) is 0 Å². The lowest BCUT2D eigenvalue weighted by Crippen LogP contribution is -2.19. The molecule has 6 heteroatoms. The SMILES string of the molecule is COc1ccc(CC(=O)Nc2ccccc2N2CCc3ccccc32)c(OC)c1OC. The van der Waals surface area contributed by atoms with E-state index >= 15 is 0 Å². The lowest BCUT2D eigenvalue weighted by Gasteiger charge is -2.23. The third kappa shape index (κ3) is 4.01. The Kier molecular flexibility index (Phi) is 5.98. The van der Waals surface area contributed by atoms with Crippen LogP contribution in [0.1, 0.15) is 11.1 Å². The average molecular weight is 418 g/mol. The number of carbonyl (C=O) groups is 1. The van der Waals surface area contributed by atoms with Gasteiger partial charge in [0.2, 0.25) is 11.7 Å². The molecule has 160 valence electrons. The number of benzene rings is 3. The molecule has 0 aromatic heterocycles. The van der Waals surface area contributed by atoms with E-state index in [0.717, 1.165) is 29.9 Å². The van der Waals surface area contributed by atoms with Gasteiger partial charge < -0.3 is 24.4 Å². The minimum atomic E-state index is -0.134. The first-order chi connectivity index (χ1) is 15.2. The summed E-state index contributed by atoms with van der Waals surface area (Å²) in [6, 6.07) is 19.9. The summed E-state index contributed by atoms with van der Waals surface area (Å²) in [6.07, 6.45) is 1.13. The third-order valence-electron chi connectivity index (χ3n) is 5.49. The Morgan fingerprint density at radius 1 is 0.871 bits per heavy atom. The molecule has 1 aliphatic rings. The summed E-state index contributed by atoms with van der Waals surface area (Å²) in [5.74, 6) is 1.40. The fourth-order valence-electron chi connectivity index (χ4n) is 4.07. The zero-order valence-corrected chi connectivity index (χ0v) is 18.0. The molecule has 1 aliphatic heterocycles. The van der Waals surface area contributed by atoms with Crippen LogP contribution in [0.25, 0.3) is 0 Å². The molecule has 0 unspecified atom stereocenters. The summed E-state index contributed by atoms with van der Waals surface area (Å²) in [6.45, 7) is 0.885. The van der Waals surface area contributed by atoms with Gasteiger partial charge in [-0.1, -0.05) is 36.4 Å². The van der Waals surface area contributed by atoms with Crippen molar-refractivity contribution in [3.63, 3.8) is 0 Å². The van der Waals surface area contributed by atoms with Gasteiger partial charge in [0, 0.05) is 17.8 Å². The molecule has 0 saturated carbocycles. The molecule has 1 heterocycles. The van der Waals surface area contributed by atoms with Crippen molar-refractivity contribution in [1.82, 2.24) is 0 Å². The molecule has 3 aromatic carbocycles. The van der Waals surface area contributed by atoms with Crippen molar-refractivity contribution >= 4 is 23.0 Å². The van der Waals surface area contributed by atoms with E-state index in [9.17, 15) is 4.79 Å². The number of fused-ring (bicyclic) bond motifs is 1. The number of methoxy groups -OCH3 is 3. The zero-order valence-electron chi connectivity index (χ0n) is 18.0. The van der Waals surface area contributed by atoms with Crippen molar-refractivity contribution in [3.05, 3.63) is 71.8 Å². The van der Waals surface area contributed by atoms with Gasteiger partial charge in [-0.05, 0) is 36.2 Å². The number of anilines is 3. The van der Waals surface area contributed by atoms with E-state index in [2.05, 4.69) is 28.4 Å². The molecule has 31 heavy (non-hydrogen) atoms. The van der Waals surface area contributed by atoms with Crippen molar-refractivity contribution in [2.24, 2.45) is 0 Å². The van der Waals surface area contributed by atoms with Crippen molar-refractivity contribution in [1.29, 1.82) is 0 Å². The van der Waals surface area contributed by atoms with E-state index in [0.29, 0.717) is 17.2 Å². The third-order valence-corrected chi connectivity index (χ3v) is 5.49. The highest BCUT2D eigenvalue weighted by molar-refractivity contribution is 5.97. The first-order valence-electron chi connectivity index (χ1n) is 10.2. The molecule has 1 N–H and O–H groups in total. The molecule has 0 radical (unpaired) electrons. The molecule has 1 amide bonds. The van der Waals surface area contributed by atoms with Crippen LogP contribution in [0.5, 0.6) is 17.2 Å². The Bertz CT molecular complexity index is 1100. The van der Waals surface area contributed by atoms with Crippen LogP contribution in [-0.4, -0.2) is 33.8 Å². The number of nitrogens with one attached hydrogen (secondary N) is 1. The van der Waals surface area contributed by atoms with Crippen LogP contribution in [0.3, 0.4) is 0 Å². The molecule has 0 fully saturated rings. The highest BCUT2D eigenvalue weighted by atomic mass is 16.5. The van der Waals surface area contributed by atoms with Crippen LogP contribution in [-0.2, 0) is 17.6 Å². The summed E-state index contributed by atoms with van der Waals surface area (Å²) in [4.78, 5) is 15.2. The lowest BCUT2D eigenvalue weighted by molar-refractivity contribution is -0.115. The number of hydrogen-bond acceptors (Lipinski definition) is 5. The van der Waals surface area contributed by atoms with Crippen molar-refractivity contribution < 1.29 is 19.0 Å². The van der Waals surface area contributed by atoms with E-state index in [1.807, 2.05) is 36.4 Å². The van der Waals surface area contributed by atoms with E-state index in [1.54, 1.807) is 27.4 Å². The number of para-hydroxylation sites is 3. The van der Waals surface area contributed by atoms with Crippen molar-refractivity contribution in [3.8, 4) is 17.2 Å². The fourth-order valence-corrected chi connectivity index (χ4v) is 4.07. The highest BCUT2D eigenvalue weighted by Gasteiger charge is 2.23. The van der Waals surface area contributed by atoms with Crippen LogP contribution in [0, 0.1) is 0 Å². The standard InChI is InChI=1S/C25H26N2O4/c1-29-22-13-12-18(24(30-2)25(22)31-3)16-23(28)26-19-9-5-7-11-21(19)27-15-14-17-8-4-6-10-20(17)27/h4-13H,14-16H2,1-3H3,(H,26,28). The number of amides is 1. The maximum Gasteiger partial charge on any atom is 0.228 e. The van der Waals surface area contributed by atoms with Gasteiger partial charge in [0.05, 0.1) is 39.1 Å². The Morgan fingerprint density at radius 3 is 2.32 bits per heavy atom. The van der Waals surface area contributed by atoms with Crippen LogP contribution in [0.4, 0.5) is 17.1 Å². The zero-order chi connectivity index (χ0) is 21.8. The van der Waals surface area contributed by atoms with E-state index in [1.165, 1.54) is 11.3 Å². The summed E-state index contributed by atoms with van der Waals surface area (Å²) in [7, 11) is 4.67. The maximum atomic E-state index is 13.0. The van der Waals surface area contributed by atoms with Gasteiger partial charge in [-0.25, -0.2) is 0 Å². The smallest absolute Gasteiger partial charge is 0.228 e. The number of carbonyl (C=O) groups excluding carboxylic acids is 1. The number of rotatable bonds is 7. The second kappa shape index (κ2) is 9.00. The Morgan fingerprint density at radius 2 is 1.58 bits per heavy atom. The minimum Gasteiger partial charge on any atom is -0.493 e. The molecule has 0 saturated heterocycles. The highest BCUT2D eigenvalue weighted by Crippen LogP contribution is 2.41. The molecule has 0 spiro atoms. The van der Waals surface area contributed by atoms with Gasteiger partial charge in [0.1, 0.15) is 0 Å². The summed E-state index contributed by atoms with van der Waals surface area (Å²) in [5.41, 5.74) is 5.00. The van der Waals surface area contributed by atoms with Crippen LogP contribution < -0.4 is 24.4 Å². The predicted octanol–water partition coefficient (Wildman–Crippen LogP) is 4.59. The molecule has 0 atom stereocenters. The first-order valence-corrected chi connectivity index (χ1v) is 10.2. The summed E-state index contributed by atoms with van der Waals surface area (Å²) < 4.78 is 16.3. The Balaban J connectivity index is 1.58. The molecule has 4 rings (SSSR count). The second-order valence-electron chi connectivity index (χ2n) is 7.27. The van der Waals surface area contributed by atoms with Gasteiger partial charge in [-0.3, -0.25) is 4.79 Å². The van der Waals surface area contributed by atoms with E-state index < -0.39 is 0 Å². The number of nitrogens with zero attached hydrogens (tertiary/aromatic N) is 1. The van der Waals surface area contributed by atoms with Crippen molar-refractivity contribution in [2.75, 3.05) is 38.1 Å². The van der Waals surface area contributed by atoms with Crippen LogP contribution >= 0.6 is 0 Å². The quantitative estimate of drug-likeness (QED) is 0.608. The minimum absolute atomic E-state index is 0.134. The van der Waals surface area contributed by atoms with Crippen LogP contribution in [0.2, 0.25) is 0 Å². The molecule has 0 bridgehead atoms. The summed E-state index contributed by atoms with van der Waals surface area (Å²) in [5, 5.41) is 3.08. The number of ether oxygens (including phenoxy) is 3. The molecular weight excluding hydrogens is 392 g/mol. The molecule has 6 nitrogen and oxygen atoms in total. The monoisotopic (exact) mass is 418 g/mol. The van der Waals surface area contributed by atoms with Gasteiger partial charge in [0.25, 0.3) is 0 Å². The van der Waals surface area contributed by atoms with Gasteiger partial charge in [0.15, 0.2) is 11.5 Å². The molecule has 0 aliphatic carbocycles. The Hall–Kier alpha value is -3.67. The molecule has 3 aromatic rings. The van der Waals surface area contributed by atoms with Gasteiger partial charge in [-0.15, -0.1) is 0 Å². The van der Waals surface area contributed by atoms with Crippen LogP contribution in [0.15, 0.2) is 60.7 Å². The topological polar surface area (TPSA) is 60.0 Å². The first kappa shape index (κ1) is 20.6. The normalized spacial score (nSPS) is 12.3.